The molecule has 0 amide bonds. The third kappa shape index (κ3) is 2.77. The van der Waals surface area contributed by atoms with Gasteiger partial charge in [0, 0.05) is 10.9 Å². The van der Waals surface area contributed by atoms with Crippen molar-refractivity contribution in [3.8, 4) is 11.5 Å². The number of phenols is 1. The van der Waals surface area contributed by atoms with E-state index in [1.54, 1.807) is 30.5 Å². The van der Waals surface area contributed by atoms with E-state index in [4.69, 9.17) is 9.15 Å². The molecule has 4 heteroatoms. The molecule has 7 rings (SSSR count). The molecule has 0 atom stereocenters. The van der Waals surface area contributed by atoms with E-state index in [-0.39, 0.29) is 5.41 Å². The molecular formula is C25H24O4. The number of phenolic OH excluding ortho intramolecular Hbond substituents is 1. The maximum absolute atomic E-state index is 12.7. The average molecular weight is 388 g/mol. The van der Waals surface area contributed by atoms with Crippen LogP contribution in [0.25, 0.3) is 11.0 Å². The summed E-state index contributed by atoms with van der Waals surface area (Å²) in [5.74, 6) is 2.78. The fourth-order valence-electron chi connectivity index (χ4n) is 6.69. The van der Waals surface area contributed by atoms with Gasteiger partial charge in [-0.1, -0.05) is 6.07 Å². The number of carbonyl (C=O) groups excluding carboxylic acids is 1. The van der Waals surface area contributed by atoms with Gasteiger partial charge in [0.1, 0.15) is 17.1 Å². The van der Waals surface area contributed by atoms with E-state index in [1.807, 2.05) is 18.2 Å². The summed E-state index contributed by atoms with van der Waals surface area (Å²) in [6, 6.07) is 12.5. The molecule has 4 bridgehead atoms. The van der Waals surface area contributed by atoms with Gasteiger partial charge in [0.05, 0.1) is 11.8 Å². The maximum atomic E-state index is 12.7. The van der Waals surface area contributed by atoms with Gasteiger partial charge in [0.25, 0.3) is 0 Å². The summed E-state index contributed by atoms with van der Waals surface area (Å²) in [7, 11) is 0. The zero-order valence-electron chi connectivity index (χ0n) is 16.3. The molecule has 4 fully saturated rings. The van der Waals surface area contributed by atoms with E-state index >= 15 is 0 Å². The first-order valence-electron chi connectivity index (χ1n) is 10.6. The summed E-state index contributed by atoms with van der Waals surface area (Å²) in [4.78, 5) is 12.7. The number of ether oxygens (including phenoxy) is 1. The molecule has 148 valence electrons. The third-order valence-corrected chi connectivity index (χ3v) is 7.48. The Morgan fingerprint density at radius 3 is 2.41 bits per heavy atom. The Kier molecular flexibility index (Phi) is 3.62. The molecule has 0 saturated heterocycles. The van der Waals surface area contributed by atoms with Crippen molar-refractivity contribution in [3.63, 3.8) is 0 Å². The first kappa shape index (κ1) is 17.1. The normalized spacial score (nSPS) is 30.0. The largest absolute Gasteiger partial charge is 0.508 e. The van der Waals surface area contributed by atoms with Gasteiger partial charge < -0.3 is 14.3 Å². The number of rotatable bonds is 3. The van der Waals surface area contributed by atoms with Crippen LogP contribution in [-0.2, 0) is 5.41 Å². The number of benzene rings is 2. The molecule has 3 aromatic rings. The van der Waals surface area contributed by atoms with Crippen LogP contribution < -0.4 is 4.74 Å². The van der Waals surface area contributed by atoms with Crippen molar-refractivity contribution in [1.29, 1.82) is 0 Å². The number of furan rings is 1. The van der Waals surface area contributed by atoms with E-state index in [0.717, 1.165) is 48.0 Å². The minimum absolute atomic E-state index is 0.0499. The van der Waals surface area contributed by atoms with Crippen LogP contribution in [0.3, 0.4) is 0 Å². The molecule has 4 saturated carbocycles. The summed E-state index contributed by atoms with van der Waals surface area (Å²) < 4.78 is 11.1. The second-order valence-electron chi connectivity index (χ2n) is 9.44. The van der Waals surface area contributed by atoms with Crippen molar-refractivity contribution in [2.75, 3.05) is 0 Å². The van der Waals surface area contributed by atoms with Gasteiger partial charge in [-0.05, 0) is 98.1 Å². The molecule has 0 radical (unpaired) electrons. The lowest BCUT2D eigenvalue weighted by Crippen LogP contribution is -2.48. The van der Waals surface area contributed by atoms with Crippen LogP contribution in [0.15, 0.2) is 53.1 Å². The quantitative estimate of drug-likeness (QED) is 0.453. The maximum Gasteiger partial charge on any atom is 0.343 e. The first-order chi connectivity index (χ1) is 14.1. The van der Waals surface area contributed by atoms with Gasteiger partial charge in [-0.2, -0.15) is 0 Å². The smallest absolute Gasteiger partial charge is 0.343 e. The fraction of sp³-hybridized carbons (Fsp3) is 0.400. The Morgan fingerprint density at radius 2 is 1.69 bits per heavy atom. The Hall–Kier alpha value is -2.75. The van der Waals surface area contributed by atoms with Crippen LogP contribution in [0.5, 0.6) is 11.5 Å². The molecule has 4 aliphatic carbocycles. The Labute approximate surface area is 169 Å². The number of hydrogen-bond donors (Lipinski definition) is 1. The molecule has 1 aromatic heterocycles. The number of carbonyl (C=O) groups is 1. The van der Waals surface area contributed by atoms with Crippen molar-refractivity contribution < 1.29 is 19.1 Å². The fourth-order valence-corrected chi connectivity index (χ4v) is 6.69. The molecule has 4 nitrogen and oxygen atoms in total. The van der Waals surface area contributed by atoms with Crippen molar-refractivity contribution in [1.82, 2.24) is 0 Å². The van der Waals surface area contributed by atoms with Gasteiger partial charge in [-0.3, -0.25) is 0 Å². The summed E-state index contributed by atoms with van der Waals surface area (Å²) >= 11 is 0. The van der Waals surface area contributed by atoms with Gasteiger partial charge in [0.2, 0.25) is 0 Å². The SMILES string of the molecule is O=C(Oc1ccc(O)c(C23CC4CC(CC(C4)C2)C3)c1)c1ccc2ccoc2c1. The molecule has 0 unspecified atom stereocenters. The van der Waals surface area contributed by atoms with Gasteiger partial charge in [-0.25, -0.2) is 4.79 Å². The number of fused-ring (bicyclic) bond motifs is 1. The lowest BCUT2D eigenvalue weighted by atomic mass is 9.48. The Bertz CT molecular complexity index is 1070. The molecule has 4 aliphatic rings. The first-order valence-corrected chi connectivity index (χ1v) is 10.6. The van der Waals surface area contributed by atoms with Crippen molar-refractivity contribution in [2.45, 2.75) is 43.9 Å². The molecular weight excluding hydrogens is 364 g/mol. The monoisotopic (exact) mass is 388 g/mol. The van der Waals surface area contributed by atoms with Crippen molar-refractivity contribution in [2.24, 2.45) is 17.8 Å². The summed E-state index contributed by atoms with van der Waals surface area (Å²) in [5, 5.41) is 11.6. The van der Waals surface area contributed by atoms with E-state index < -0.39 is 5.97 Å². The van der Waals surface area contributed by atoms with Gasteiger partial charge >= 0.3 is 5.97 Å². The highest BCUT2D eigenvalue weighted by atomic mass is 16.5. The molecule has 0 aliphatic heterocycles. The van der Waals surface area contributed by atoms with Gasteiger partial charge in [0.15, 0.2) is 0 Å². The van der Waals surface area contributed by atoms with Gasteiger partial charge in [-0.15, -0.1) is 0 Å². The molecule has 1 heterocycles. The summed E-state index contributed by atoms with van der Waals surface area (Å²) in [6.45, 7) is 0. The Morgan fingerprint density at radius 1 is 0.966 bits per heavy atom. The van der Waals surface area contributed by atoms with Crippen LogP contribution >= 0.6 is 0 Å². The third-order valence-electron chi connectivity index (χ3n) is 7.48. The minimum Gasteiger partial charge on any atom is -0.508 e. The van der Waals surface area contributed by atoms with Crippen LogP contribution in [0, 0.1) is 17.8 Å². The number of aromatic hydroxyl groups is 1. The highest BCUT2D eigenvalue weighted by molar-refractivity contribution is 5.95. The zero-order valence-corrected chi connectivity index (χ0v) is 16.3. The van der Waals surface area contributed by atoms with Crippen LogP contribution in [0.1, 0.15) is 54.4 Å². The van der Waals surface area contributed by atoms with Crippen LogP contribution in [0.4, 0.5) is 0 Å². The highest BCUT2D eigenvalue weighted by Gasteiger charge is 2.52. The molecule has 2 aromatic carbocycles. The molecule has 0 spiro atoms. The van der Waals surface area contributed by atoms with Crippen molar-refractivity contribution >= 4 is 16.9 Å². The zero-order chi connectivity index (χ0) is 19.6. The van der Waals surface area contributed by atoms with E-state index in [1.165, 1.54) is 19.3 Å². The molecule has 1 N–H and O–H groups in total. The predicted octanol–water partition coefficient (Wildman–Crippen LogP) is 5.83. The lowest BCUT2D eigenvalue weighted by molar-refractivity contribution is -0.00624. The lowest BCUT2D eigenvalue weighted by Gasteiger charge is -2.57. The predicted molar refractivity (Wildman–Crippen MR) is 109 cm³/mol. The van der Waals surface area contributed by atoms with Crippen molar-refractivity contribution in [3.05, 3.63) is 59.9 Å². The highest BCUT2D eigenvalue weighted by Crippen LogP contribution is 2.62. The van der Waals surface area contributed by atoms with E-state index in [2.05, 4.69) is 0 Å². The number of esters is 1. The minimum atomic E-state index is -0.412. The van der Waals surface area contributed by atoms with Crippen LogP contribution in [0.2, 0.25) is 0 Å². The second-order valence-corrected chi connectivity index (χ2v) is 9.44. The van der Waals surface area contributed by atoms with E-state index in [9.17, 15) is 9.90 Å². The Balaban J connectivity index is 1.30. The summed E-state index contributed by atoms with van der Waals surface area (Å²) in [6.07, 6.45) is 9.12. The topological polar surface area (TPSA) is 59.7 Å². The van der Waals surface area contributed by atoms with E-state index in [0.29, 0.717) is 22.6 Å². The molecule has 29 heavy (non-hydrogen) atoms. The van der Waals surface area contributed by atoms with Crippen LogP contribution in [-0.4, -0.2) is 11.1 Å². The standard InChI is InChI=1S/C25H24O4/c26-22-4-3-20(29-24(27)19-2-1-18-5-6-28-23(18)10-19)11-21(22)25-12-15-7-16(13-25)9-17(8-15)14-25/h1-6,10-11,15-17,26H,7-9,12-14H2. The second kappa shape index (κ2) is 6.12. The summed E-state index contributed by atoms with van der Waals surface area (Å²) in [5.41, 5.74) is 2.15. The average Bonchev–Trinajstić information content (AvgIpc) is 3.16. The number of hydrogen-bond acceptors (Lipinski definition) is 4.